The molecule has 3 aromatic rings. The van der Waals surface area contributed by atoms with Crippen LogP contribution in [0, 0.1) is 12.7 Å². The summed E-state index contributed by atoms with van der Waals surface area (Å²) in [5, 5.41) is 11.2. The van der Waals surface area contributed by atoms with Gasteiger partial charge in [-0.25, -0.2) is 9.37 Å². The summed E-state index contributed by atoms with van der Waals surface area (Å²) in [5.41, 5.74) is 1.90. The number of hydrogen-bond acceptors (Lipinski definition) is 4. The second-order valence-electron chi connectivity index (χ2n) is 6.72. The van der Waals surface area contributed by atoms with Gasteiger partial charge in [-0.15, -0.1) is 10.2 Å². The van der Waals surface area contributed by atoms with Crippen LogP contribution in [0.1, 0.15) is 41.3 Å². The molecule has 0 saturated carbocycles. The molecule has 1 N–H and O–H groups in total. The lowest BCUT2D eigenvalue weighted by atomic mass is 10.1. The third kappa shape index (κ3) is 3.58. The molecule has 0 unspecified atom stereocenters. The number of pyridine rings is 1. The largest absolute Gasteiger partial charge is 0.321 e. The van der Waals surface area contributed by atoms with Crippen LogP contribution < -0.4 is 5.32 Å². The van der Waals surface area contributed by atoms with Crippen molar-refractivity contribution < 1.29 is 9.18 Å². The first kappa shape index (κ1) is 17.3. The standard InChI is InChI=1S/C20H20FN5O/c1-13-6-5-7-17(22-13)20(27)23-14-9-10-16(21)15(12-14)19-25-24-18-8-3-2-4-11-26(18)19/h5-7,9-10,12H,2-4,8,11H2,1H3,(H,23,27). The predicted octanol–water partition coefficient (Wildman–Crippen LogP) is 3.77. The van der Waals surface area contributed by atoms with Crippen molar-refractivity contribution in [2.24, 2.45) is 0 Å². The number of aryl methyl sites for hydroxylation is 2. The number of amides is 1. The quantitative estimate of drug-likeness (QED) is 0.767. The molecule has 4 rings (SSSR count). The summed E-state index contributed by atoms with van der Waals surface area (Å²) < 4.78 is 16.5. The summed E-state index contributed by atoms with van der Waals surface area (Å²) >= 11 is 0. The van der Waals surface area contributed by atoms with Crippen LogP contribution in [0.2, 0.25) is 0 Å². The number of fused-ring (bicyclic) bond motifs is 1. The molecule has 1 aliphatic rings. The number of anilines is 1. The number of carbonyl (C=O) groups is 1. The molecule has 7 heteroatoms. The molecule has 2 aromatic heterocycles. The number of rotatable bonds is 3. The predicted molar refractivity (Wildman–Crippen MR) is 99.9 cm³/mol. The van der Waals surface area contributed by atoms with Crippen LogP contribution in [0.5, 0.6) is 0 Å². The third-order valence-corrected chi connectivity index (χ3v) is 4.70. The SMILES string of the molecule is Cc1cccc(C(=O)Nc2ccc(F)c(-c3nnc4n3CCCCC4)c2)n1. The molecule has 1 amide bonds. The summed E-state index contributed by atoms with van der Waals surface area (Å²) in [6.45, 7) is 2.60. The number of nitrogens with one attached hydrogen (secondary N) is 1. The molecule has 138 valence electrons. The fraction of sp³-hybridized carbons (Fsp3) is 0.300. The van der Waals surface area contributed by atoms with E-state index in [2.05, 4.69) is 20.5 Å². The zero-order valence-electron chi connectivity index (χ0n) is 15.1. The number of benzene rings is 1. The van der Waals surface area contributed by atoms with Gasteiger partial charge in [-0.1, -0.05) is 12.5 Å². The van der Waals surface area contributed by atoms with E-state index in [1.54, 1.807) is 18.2 Å². The van der Waals surface area contributed by atoms with Crippen LogP contribution in [0.3, 0.4) is 0 Å². The molecule has 0 spiro atoms. The lowest BCUT2D eigenvalue weighted by molar-refractivity contribution is 0.102. The molecule has 27 heavy (non-hydrogen) atoms. The van der Waals surface area contributed by atoms with Gasteiger partial charge >= 0.3 is 0 Å². The lowest BCUT2D eigenvalue weighted by Gasteiger charge is -2.10. The Morgan fingerprint density at radius 1 is 1.15 bits per heavy atom. The number of halogens is 1. The van der Waals surface area contributed by atoms with E-state index in [9.17, 15) is 9.18 Å². The van der Waals surface area contributed by atoms with Crippen LogP contribution in [0.4, 0.5) is 10.1 Å². The molecule has 0 fully saturated rings. The summed E-state index contributed by atoms with van der Waals surface area (Å²) in [6, 6.07) is 9.72. The fourth-order valence-corrected chi connectivity index (χ4v) is 3.32. The first-order chi connectivity index (χ1) is 13.1. The number of carbonyl (C=O) groups excluding carboxylic acids is 1. The van der Waals surface area contributed by atoms with E-state index in [0.717, 1.165) is 43.7 Å². The molecule has 0 atom stereocenters. The van der Waals surface area contributed by atoms with Crippen molar-refractivity contribution in [1.82, 2.24) is 19.7 Å². The highest BCUT2D eigenvalue weighted by Crippen LogP contribution is 2.27. The van der Waals surface area contributed by atoms with Gasteiger partial charge in [0.25, 0.3) is 5.91 Å². The molecule has 0 bridgehead atoms. The Labute approximate surface area is 156 Å². The van der Waals surface area contributed by atoms with Crippen LogP contribution in [-0.2, 0) is 13.0 Å². The Bertz CT molecular complexity index is 998. The molecule has 6 nitrogen and oxygen atoms in total. The maximum Gasteiger partial charge on any atom is 0.274 e. The highest BCUT2D eigenvalue weighted by atomic mass is 19.1. The van der Waals surface area contributed by atoms with E-state index in [0.29, 0.717) is 22.8 Å². The molecule has 3 heterocycles. The first-order valence-corrected chi connectivity index (χ1v) is 9.09. The molecule has 1 aromatic carbocycles. The van der Waals surface area contributed by atoms with E-state index >= 15 is 0 Å². The summed E-state index contributed by atoms with van der Waals surface area (Å²) in [4.78, 5) is 16.6. The summed E-state index contributed by atoms with van der Waals surface area (Å²) in [5.74, 6) is 0.673. The van der Waals surface area contributed by atoms with Crippen molar-refractivity contribution in [3.63, 3.8) is 0 Å². The minimum Gasteiger partial charge on any atom is -0.321 e. The van der Waals surface area contributed by atoms with Crippen molar-refractivity contribution in [3.8, 4) is 11.4 Å². The van der Waals surface area contributed by atoms with Gasteiger partial charge in [-0.3, -0.25) is 4.79 Å². The van der Waals surface area contributed by atoms with E-state index in [-0.39, 0.29) is 11.7 Å². The minimum absolute atomic E-state index is 0.317. The van der Waals surface area contributed by atoms with Crippen LogP contribution in [-0.4, -0.2) is 25.7 Å². The molecule has 0 radical (unpaired) electrons. The van der Waals surface area contributed by atoms with E-state index in [1.807, 2.05) is 17.6 Å². The minimum atomic E-state index is -0.388. The monoisotopic (exact) mass is 365 g/mol. The molecular weight excluding hydrogens is 345 g/mol. The topological polar surface area (TPSA) is 72.7 Å². The number of aromatic nitrogens is 4. The zero-order valence-corrected chi connectivity index (χ0v) is 15.1. The normalized spacial score (nSPS) is 13.7. The Hall–Kier alpha value is -3.09. The fourth-order valence-electron chi connectivity index (χ4n) is 3.32. The van der Waals surface area contributed by atoms with Crippen LogP contribution in [0.25, 0.3) is 11.4 Å². The van der Waals surface area contributed by atoms with Crippen molar-refractivity contribution in [1.29, 1.82) is 0 Å². The van der Waals surface area contributed by atoms with Crippen molar-refractivity contribution in [2.45, 2.75) is 39.2 Å². The number of hydrogen-bond donors (Lipinski definition) is 1. The van der Waals surface area contributed by atoms with Gasteiger partial charge in [0.05, 0.1) is 5.56 Å². The molecule has 0 saturated heterocycles. The van der Waals surface area contributed by atoms with E-state index < -0.39 is 0 Å². The Kier molecular flexibility index (Phi) is 4.66. The van der Waals surface area contributed by atoms with Crippen molar-refractivity contribution in [2.75, 3.05) is 5.32 Å². The van der Waals surface area contributed by atoms with Gasteiger partial charge in [0, 0.05) is 24.3 Å². The van der Waals surface area contributed by atoms with Crippen molar-refractivity contribution in [3.05, 3.63) is 59.4 Å². The molecule has 1 aliphatic heterocycles. The van der Waals surface area contributed by atoms with Gasteiger partial charge in [-0.2, -0.15) is 0 Å². The lowest BCUT2D eigenvalue weighted by Crippen LogP contribution is -2.14. The highest BCUT2D eigenvalue weighted by molar-refractivity contribution is 6.03. The maximum absolute atomic E-state index is 14.5. The highest BCUT2D eigenvalue weighted by Gasteiger charge is 2.19. The Morgan fingerprint density at radius 3 is 2.89 bits per heavy atom. The average molecular weight is 365 g/mol. The Morgan fingerprint density at radius 2 is 2.04 bits per heavy atom. The van der Waals surface area contributed by atoms with E-state index in [1.165, 1.54) is 12.1 Å². The molecule has 0 aliphatic carbocycles. The Balaban J connectivity index is 1.64. The summed E-state index contributed by atoms with van der Waals surface area (Å²) in [6.07, 6.45) is 4.07. The second-order valence-corrected chi connectivity index (χ2v) is 6.72. The van der Waals surface area contributed by atoms with Gasteiger partial charge < -0.3 is 9.88 Å². The van der Waals surface area contributed by atoms with Gasteiger partial charge in [0.15, 0.2) is 5.82 Å². The van der Waals surface area contributed by atoms with Gasteiger partial charge in [0.2, 0.25) is 0 Å². The van der Waals surface area contributed by atoms with Crippen LogP contribution >= 0.6 is 0 Å². The third-order valence-electron chi connectivity index (χ3n) is 4.70. The van der Waals surface area contributed by atoms with Gasteiger partial charge in [0.1, 0.15) is 17.3 Å². The molecular formula is C20H20FN5O. The number of nitrogens with zero attached hydrogens (tertiary/aromatic N) is 4. The van der Waals surface area contributed by atoms with E-state index in [4.69, 9.17) is 0 Å². The summed E-state index contributed by atoms with van der Waals surface area (Å²) in [7, 11) is 0. The average Bonchev–Trinajstić information content (AvgIpc) is 2.91. The van der Waals surface area contributed by atoms with Crippen molar-refractivity contribution >= 4 is 11.6 Å². The first-order valence-electron chi connectivity index (χ1n) is 9.09. The van der Waals surface area contributed by atoms with Gasteiger partial charge in [-0.05, 0) is 50.1 Å². The maximum atomic E-state index is 14.5. The smallest absolute Gasteiger partial charge is 0.274 e. The van der Waals surface area contributed by atoms with Crippen LogP contribution in [0.15, 0.2) is 36.4 Å². The second kappa shape index (κ2) is 7.26. The zero-order chi connectivity index (χ0) is 18.8.